The van der Waals surface area contributed by atoms with Crippen molar-refractivity contribution in [2.75, 3.05) is 19.6 Å². The standard InChI is InChI=1S/C15H26N2O2S2/c1-4-13-6-8-17(9-7-13)21(18,19)15-12(3)11-20-14(15)10-16-5-2/h11,13,16H,4-10H2,1-3H3. The molecule has 0 amide bonds. The highest BCUT2D eigenvalue weighted by Gasteiger charge is 2.32. The summed E-state index contributed by atoms with van der Waals surface area (Å²) in [6.07, 6.45) is 3.12. The van der Waals surface area contributed by atoms with Gasteiger partial charge in [-0.3, -0.25) is 0 Å². The van der Waals surface area contributed by atoms with E-state index in [1.54, 1.807) is 15.6 Å². The van der Waals surface area contributed by atoms with Gasteiger partial charge in [0.1, 0.15) is 4.90 Å². The molecule has 0 atom stereocenters. The van der Waals surface area contributed by atoms with E-state index < -0.39 is 10.0 Å². The maximum absolute atomic E-state index is 13.0. The molecule has 1 aliphatic rings. The van der Waals surface area contributed by atoms with Gasteiger partial charge in [-0.1, -0.05) is 20.3 Å². The Morgan fingerprint density at radius 1 is 1.33 bits per heavy atom. The first-order chi connectivity index (χ1) is 10.0. The summed E-state index contributed by atoms with van der Waals surface area (Å²) in [6.45, 7) is 8.93. The molecular weight excluding hydrogens is 304 g/mol. The SMILES string of the molecule is CCNCc1scc(C)c1S(=O)(=O)N1CCC(CC)CC1. The van der Waals surface area contributed by atoms with Gasteiger partial charge >= 0.3 is 0 Å². The third kappa shape index (κ3) is 3.67. The van der Waals surface area contributed by atoms with Crippen LogP contribution in [0, 0.1) is 12.8 Å². The maximum atomic E-state index is 13.0. The van der Waals surface area contributed by atoms with Crippen LogP contribution < -0.4 is 5.32 Å². The molecule has 0 aromatic carbocycles. The van der Waals surface area contributed by atoms with Crippen LogP contribution >= 0.6 is 11.3 Å². The normalized spacial score (nSPS) is 18.2. The van der Waals surface area contributed by atoms with E-state index in [0.29, 0.717) is 30.4 Å². The van der Waals surface area contributed by atoms with Crippen LogP contribution in [0.4, 0.5) is 0 Å². The highest BCUT2D eigenvalue weighted by Crippen LogP contribution is 2.32. The zero-order chi connectivity index (χ0) is 15.5. The van der Waals surface area contributed by atoms with E-state index in [1.165, 1.54) is 0 Å². The van der Waals surface area contributed by atoms with Gasteiger partial charge in [-0.05, 0) is 43.2 Å². The molecule has 0 bridgehead atoms. The molecule has 0 spiro atoms. The fourth-order valence-corrected chi connectivity index (χ4v) is 6.08. The van der Waals surface area contributed by atoms with Gasteiger partial charge in [0.25, 0.3) is 0 Å². The van der Waals surface area contributed by atoms with Gasteiger partial charge in [-0.25, -0.2) is 8.42 Å². The first kappa shape index (κ1) is 16.9. The predicted octanol–water partition coefficient (Wildman–Crippen LogP) is 2.98. The third-order valence-corrected chi connectivity index (χ3v) is 7.64. The summed E-state index contributed by atoms with van der Waals surface area (Å²) in [5, 5.41) is 5.19. The fraction of sp³-hybridized carbons (Fsp3) is 0.733. The second-order valence-corrected chi connectivity index (χ2v) is 8.55. The van der Waals surface area contributed by atoms with Crippen LogP contribution in [0.1, 0.15) is 43.6 Å². The summed E-state index contributed by atoms with van der Waals surface area (Å²) in [5.41, 5.74) is 0.880. The van der Waals surface area contributed by atoms with Crippen LogP contribution in [0.2, 0.25) is 0 Å². The van der Waals surface area contributed by atoms with Crippen molar-refractivity contribution in [1.82, 2.24) is 9.62 Å². The van der Waals surface area contributed by atoms with Crippen molar-refractivity contribution in [3.05, 3.63) is 15.8 Å². The zero-order valence-corrected chi connectivity index (χ0v) is 14.8. The average molecular weight is 331 g/mol. The minimum atomic E-state index is -3.34. The monoisotopic (exact) mass is 330 g/mol. The van der Waals surface area contributed by atoms with Crippen molar-refractivity contribution in [3.63, 3.8) is 0 Å². The van der Waals surface area contributed by atoms with E-state index in [9.17, 15) is 8.42 Å². The number of hydrogen-bond donors (Lipinski definition) is 1. The Morgan fingerprint density at radius 3 is 2.57 bits per heavy atom. The lowest BCUT2D eigenvalue weighted by Crippen LogP contribution is -2.38. The second-order valence-electron chi connectivity index (χ2n) is 5.71. The van der Waals surface area contributed by atoms with Crippen molar-refractivity contribution in [2.24, 2.45) is 5.92 Å². The lowest BCUT2D eigenvalue weighted by molar-refractivity contribution is 0.269. The van der Waals surface area contributed by atoms with Crippen molar-refractivity contribution in [2.45, 2.75) is 51.5 Å². The lowest BCUT2D eigenvalue weighted by Gasteiger charge is -2.31. The van der Waals surface area contributed by atoms with Crippen LogP contribution in [-0.4, -0.2) is 32.4 Å². The summed E-state index contributed by atoms with van der Waals surface area (Å²) in [5.74, 6) is 0.682. The van der Waals surface area contributed by atoms with Crippen LogP contribution in [0.3, 0.4) is 0 Å². The topological polar surface area (TPSA) is 49.4 Å². The smallest absolute Gasteiger partial charge is 0.244 e. The number of rotatable bonds is 6. The van der Waals surface area contributed by atoms with Gasteiger partial charge in [0.05, 0.1) is 0 Å². The minimum Gasteiger partial charge on any atom is -0.312 e. The summed E-state index contributed by atoms with van der Waals surface area (Å²) < 4.78 is 27.6. The molecule has 0 unspecified atom stereocenters. The van der Waals surface area contributed by atoms with Gasteiger partial charge in [0.15, 0.2) is 0 Å². The minimum absolute atomic E-state index is 0.545. The highest BCUT2D eigenvalue weighted by atomic mass is 32.2. The molecule has 1 saturated heterocycles. The number of nitrogens with zero attached hydrogens (tertiary/aromatic N) is 1. The molecule has 1 aliphatic heterocycles. The van der Waals surface area contributed by atoms with Gasteiger partial charge in [-0.15, -0.1) is 11.3 Å². The van der Waals surface area contributed by atoms with Crippen LogP contribution in [0.15, 0.2) is 10.3 Å². The highest BCUT2D eigenvalue weighted by molar-refractivity contribution is 7.89. The molecule has 6 heteroatoms. The van der Waals surface area contributed by atoms with Crippen molar-refractivity contribution < 1.29 is 8.42 Å². The van der Waals surface area contributed by atoms with Gasteiger partial charge in [-0.2, -0.15) is 4.31 Å². The summed E-state index contributed by atoms with van der Waals surface area (Å²) in [4.78, 5) is 1.48. The molecule has 120 valence electrons. The summed E-state index contributed by atoms with van der Waals surface area (Å²) >= 11 is 1.54. The Bertz CT molecular complexity index is 558. The molecule has 0 aliphatic carbocycles. The average Bonchev–Trinajstić information content (AvgIpc) is 2.86. The molecule has 2 rings (SSSR count). The molecule has 1 aromatic rings. The number of hydrogen-bond acceptors (Lipinski definition) is 4. The Kier molecular flexibility index (Phi) is 5.82. The number of nitrogens with one attached hydrogen (secondary N) is 1. The quantitative estimate of drug-likeness (QED) is 0.872. The van der Waals surface area contributed by atoms with E-state index in [2.05, 4.69) is 12.2 Å². The Labute approximate surface area is 132 Å². The molecule has 0 saturated carbocycles. The molecule has 4 nitrogen and oxygen atoms in total. The molecule has 2 heterocycles. The first-order valence-electron chi connectivity index (χ1n) is 7.78. The van der Waals surface area contributed by atoms with E-state index >= 15 is 0 Å². The van der Waals surface area contributed by atoms with E-state index in [1.807, 2.05) is 19.2 Å². The number of thiophene rings is 1. The number of sulfonamides is 1. The molecule has 0 radical (unpaired) electrons. The summed E-state index contributed by atoms with van der Waals surface area (Å²) in [6, 6.07) is 0. The van der Waals surface area contributed by atoms with Crippen molar-refractivity contribution in [3.8, 4) is 0 Å². The first-order valence-corrected chi connectivity index (χ1v) is 10.1. The predicted molar refractivity (Wildman–Crippen MR) is 88.2 cm³/mol. The van der Waals surface area contributed by atoms with Gasteiger partial charge in [0.2, 0.25) is 10.0 Å². The van der Waals surface area contributed by atoms with E-state index in [0.717, 1.165) is 36.2 Å². The zero-order valence-electron chi connectivity index (χ0n) is 13.2. The van der Waals surface area contributed by atoms with E-state index in [-0.39, 0.29) is 0 Å². The number of piperidine rings is 1. The van der Waals surface area contributed by atoms with Crippen molar-refractivity contribution >= 4 is 21.4 Å². The molecule has 21 heavy (non-hydrogen) atoms. The van der Waals surface area contributed by atoms with Crippen LogP contribution in [0.25, 0.3) is 0 Å². The molecule has 1 fully saturated rings. The Hall–Kier alpha value is -0.430. The molecule has 1 N–H and O–H groups in total. The summed E-state index contributed by atoms with van der Waals surface area (Å²) in [7, 11) is -3.34. The molecular formula is C15H26N2O2S2. The Balaban J connectivity index is 2.22. The number of aryl methyl sites for hydroxylation is 1. The van der Waals surface area contributed by atoms with Gasteiger partial charge < -0.3 is 5.32 Å². The third-order valence-electron chi connectivity index (χ3n) is 4.27. The molecule has 1 aromatic heterocycles. The maximum Gasteiger partial charge on any atom is 0.244 e. The van der Waals surface area contributed by atoms with Crippen molar-refractivity contribution in [1.29, 1.82) is 0 Å². The Morgan fingerprint density at radius 2 is 2.00 bits per heavy atom. The van der Waals surface area contributed by atoms with E-state index in [4.69, 9.17) is 0 Å². The fourth-order valence-electron chi connectivity index (χ4n) is 2.88. The van der Waals surface area contributed by atoms with Crippen LogP contribution in [-0.2, 0) is 16.6 Å². The largest absolute Gasteiger partial charge is 0.312 e. The second kappa shape index (κ2) is 7.22. The van der Waals surface area contributed by atoms with Crippen LogP contribution in [0.5, 0.6) is 0 Å². The lowest BCUT2D eigenvalue weighted by atomic mass is 9.96. The van der Waals surface area contributed by atoms with Gasteiger partial charge in [0, 0.05) is 24.5 Å².